The first-order valence-corrected chi connectivity index (χ1v) is 29.0. The van der Waals surface area contributed by atoms with E-state index >= 15 is 0 Å². The highest BCUT2D eigenvalue weighted by Gasteiger charge is 2.20. The quantitative estimate of drug-likeness (QED) is 0.0283. The third-order valence-electron chi connectivity index (χ3n) is 11.0. The minimum Gasteiger partial charge on any atom is -0.481 e. The van der Waals surface area contributed by atoms with Crippen molar-refractivity contribution in [2.24, 2.45) is 11.7 Å². The van der Waals surface area contributed by atoms with Crippen LogP contribution in [0.4, 0.5) is 20.1 Å². The van der Waals surface area contributed by atoms with E-state index in [4.69, 9.17) is 68.1 Å². The Morgan fingerprint density at radius 1 is 0.705 bits per heavy atom. The number of aldehydes is 1. The lowest BCUT2D eigenvalue weighted by atomic mass is 10.1. The molecule has 0 spiro atoms. The van der Waals surface area contributed by atoms with Gasteiger partial charge in [-0.15, -0.1) is 5.10 Å². The first kappa shape index (κ1) is 81.0. The number of rotatable bonds is 51. The van der Waals surface area contributed by atoms with E-state index in [9.17, 15) is 43.2 Å². The third kappa shape index (κ3) is 47.1. The number of imide groups is 1. The fourth-order valence-corrected chi connectivity index (χ4v) is 6.70. The summed E-state index contributed by atoms with van der Waals surface area (Å²) in [6, 6.07) is 3.60. The second-order valence-electron chi connectivity index (χ2n) is 19.1. The zero-order valence-corrected chi connectivity index (χ0v) is 51.9. The van der Waals surface area contributed by atoms with Crippen LogP contribution in [-0.4, -0.2) is 248 Å². The highest BCUT2D eigenvalue weighted by Crippen LogP contribution is 2.20. The number of nitrogens with zero attached hydrogens (tertiary/aromatic N) is 5. The first-order chi connectivity index (χ1) is 42.4. The van der Waals surface area contributed by atoms with Gasteiger partial charge in [0, 0.05) is 38.7 Å². The summed E-state index contributed by atoms with van der Waals surface area (Å²) in [6.07, 6.45) is 3.16. The van der Waals surface area contributed by atoms with Crippen molar-refractivity contribution in [2.75, 3.05) is 158 Å². The predicted molar refractivity (Wildman–Crippen MR) is 316 cm³/mol. The Labute approximate surface area is 514 Å². The second-order valence-corrected chi connectivity index (χ2v) is 19.1. The van der Waals surface area contributed by atoms with Crippen LogP contribution in [0.2, 0.25) is 0 Å². The van der Waals surface area contributed by atoms with Crippen LogP contribution in [0.5, 0.6) is 0 Å². The maximum absolute atomic E-state index is 12.9. The number of primary amides is 1. The highest BCUT2D eigenvalue weighted by molar-refractivity contribution is 5.95. The molecular weight excluding hydrogens is 1160 g/mol. The van der Waals surface area contributed by atoms with Crippen molar-refractivity contribution in [1.29, 1.82) is 0 Å². The zero-order chi connectivity index (χ0) is 65.4. The molecule has 0 aliphatic carbocycles. The Morgan fingerprint density at radius 2 is 1.24 bits per heavy atom. The average Bonchev–Trinajstić information content (AvgIpc) is 4.10. The number of hydrogen-bond acceptors (Lipinski definition) is 23. The van der Waals surface area contributed by atoms with Gasteiger partial charge in [0.15, 0.2) is 0 Å². The molecule has 1 aromatic heterocycles. The van der Waals surface area contributed by atoms with Crippen molar-refractivity contribution < 1.29 is 105 Å². The number of amides is 7. The minimum absolute atomic E-state index is 0.000245. The van der Waals surface area contributed by atoms with Crippen molar-refractivity contribution >= 4 is 60.4 Å². The van der Waals surface area contributed by atoms with Crippen LogP contribution in [0.15, 0.2) is 24.4 Å². The summed E-state index contributed by atoms with van der Waals surface area (Å²) in [6.45, 7) is 15.1. The van der Waals surface area contributed by atoms with Gasteiger partial charge in [-0.2, -0.15) is 0 Å². The summed E-state index contributed by atoms with van der Waals surface area (Å²) in [5.74, 6) is -1.55. The van der Waals surface area contributed by atoms with Crippen LogP contribution < -0.4 is 27.0 Å². The molecule has 0 saturated heterocycles. The number of benzene rings is 1. The summed E-state index contributed by atoms with van der Waals surface area (Å²) in [4.78, 5) is 104. The van der Waals surface area contributed by atoms with E-state index in [2.05, 4.69) is 45.4 Å². The molecule has 8 N–H and O–H groups in total. The van der Waals surface area contributed by atoms with Crippen molar-refractivity contribution in [1.82, 2.24) is 40.7 Å². The fraction of sp³-hybridized carbons (Fsp3) is 0.696. The van der Waals surface area contributed by atoms with E-state index in [0.717, 1.165) is 4.90 Å². The molecule has 32 heteroatoms. The molecule has 0 aliphatic rings. The number of hydrogen-bond donors (Lipinski definition) is 7. The molecule has 32 nitrogen and oxygen atoms in total. The number of carbonyl (C=O) groups is 9. The topological polar surface area (TPSA) is 407 Å². The number of carboxylic acid groups (broad SMARTS) is 2. The van der Waals surface area contributed by atoms with Gasteiger partial charge < -0.3 is 99.0 Å². The Hall–Kier alpha value is -7.01. The van der Waals surface area contributed by atoms with E-state index < -0.39 is 30.3 Å². The van der Waals surface area contributed by atoms with Crippen molar-refractivity contribution in [3.05, 3.63) is 41.2 Å². The number of nitrogens with two attached hydrogens (primary N) is 1. The maximum Gasteiger partial charge on any atom is 0.506 e. The van der Waals surface area contributed by atoms with Crippen LogP contribution in [0.1, 0.15) is 83.0 Å². The summed E-state index contributed by atoms with van der Waals surface area (Å²) in [5.41, 5.74) is 6.90. The van der Waals surface area contributed by atoms with E-state index in [-0.39, 0.29) is 89.1 Å². The summed E-state index contributed by atoms with van der Waals surface area (Å²) >= 11 is 0. The number of aliphatic carboxylic acids is 1. The lowest BCUT2D eigenvalue weighted by molar-refractivity contribution is -0.140. The molecule has 0 bridgehead atoms. The van der Waals surface area contributed by atoms with Gasteiger partial charge in [-0.05, 0) is 49.1 Å². The van der Waals surface area contributed by atoms with Gasteiger partial charge in [0.1, 0.15) is 25.2 Å². The van der Waals surface area contributed by atoms with Crippen molar-refractivity contribution in [3.8, 4) is 0 Å². The predicted octanol–water partition coefficient (Wildman–Crippen LogP) is 1.98. The molecule has 7 amide bonds. The fourth-order valence-electron chi connectivity index (χ4n) is 6.70. The van der Waals surface area contributed by atoms with E-state index in [1.165, 1.54) is 18.4 Å². The van der Waals surface area contributed by atoms with Gasteiger partial charge >= 0.3 is 24.2 Å². The van der Waals surface area contributed by atoms with Crippen LogP contribution in [0.25, 0.3) is 0 Å². The van der Waals surface area contributed by atoms with Crippen LogP contribution in [0.3, 0.4) is 0 Å². The minimum atomic E-state index is -1.47. The van der Waals surface area contributed by atoms with Crippen LogP contribution in [0, 0.1) is 5.92 Å². The molecule has 0 unspecified atom stereocenters. The van der Waals surface area contributed by atoms with Crippen LogP contribution in [-0.2, 0) is 107 Å². The molecule has 1 atom stereocenters. The number of carbonyl (C=O) groups excluding carboxylic acids is 7. The normalized spacial score (nSPS) is 11.0. The van der Waals surface area contributed by atoms with Crippen molar-refractivity contribution in [3.63, 3.8) is 0 Å². The molecule has 88 heavy (non-hydrogen) atoms. The number of urea groups is 1. The Bertz CT molecular complexity index is 2210. The third-order valence-corrected chi connectivity index (χ3v) is 11.0. The summed E-state index contributed by atoms with van der Waals surface area (Å²) in [7, 11) is 3.14. The number of nitrogens with one attached hydrogen (secondary N) is 4. The molecule has 2 rings (SSSR count). The number of anilines is 1. The molecule has 0 fully saturated rings. The molecule has 502 valence electrons. The largest absolute Gasteiger partial charge is 0.506 e. The van der Waals surface area contributed by atoms with Gasteiger partial charge in [0.25, 0.3) is 0 Å². The SMILES string of the molecule is CC(C)CC(=O)N(C=O)CCOCCC(=O)NCC=O.CCC.CN[C@@H](CCCNC(N)=O)C(=O)Nc1ccc(COC(=O)O)c(CN(C)C(=O)OCc2cn(CCOCCOCCOCCOCCOCCOCCOCCOCCC(=O)O)nn2)c1. The van der Waals surface area contributed by atoms with E-state index in [0.29, 0.717) is 167 Å². The maximum atomic E-state index is 12.9. The molecule has 1 heterocycles. The average molecular weight is 1260 g/mol. The first-order valence-electron chi connectivity index (χ1n) is 29.0. The molecule has 0 radical (unpaired) electrons. The monoisotopic (exact) mass is 1260 g/mol. The molecule has 0 saturated carbocycles. The van der Waals surface area contributed by atoms with Gasteiger partial charge in [0.05, 0.1) is 157 Å². The smallest absolute Gasteiger partial charge is 0.481 e. The highest BCUT2D eigenvalue weighted by atomic mass is 16.7. The van der Waals surface area contributed by atoms with Gasteiger partial charge in [0.2, 0.25) is 24.1 Å². The van der Waals surface area contributed by atoms with Gasteiger partial charge in [-0.3, -0.25) is 28.9 Å². The summed E-state index contributed by atoms with van der Waals surface area (Å²) in [5, 5.41) is 36.2. The molecule has 2 aromatic rings. The number of likely N-dealkylation sites (N-methyl/N-ethyl adjacent to an activating group) is 1. The van der Waals surface area contributed by atoms with Crippen molar-refractivity contribution in [2.45, 2.75) is 98.6 Å². The van der Waals surface area contributed by atoms with Gasteiger partial charge in [-0.1, -0.05) is 45.4 Å². The Morgan fingerprint density at radius 3 is 1.74 bits per heavy atom. The number of carboxylic acids is 1. The Kier molecular flexibility index (Phi) is 50.9. The van der Waals surface area contributed by atoms with E-state index in [1.807, 2.05) is 13.8 Å². The second kappa shape index (κ2) is 55.3. The van der Waals surface area contributed by atoms with E-state index in [1.54, 1.807) is 36.1 Å². The lowest BCUT2D eigenvalue weighted by Crippen LogP contribution is -2.39. The standard InChI is InChI=1S/C40H66N8O17.C13H22N2O5.C3H8/c1-42-35(4-3-8-43-38(41)52)37(51)44-33-6-5-31(29-65-40(54)55)32(26-33)27-47(2)39(53)64-30-34-28-48(46-45-34)9-11-57-13-15-59-17-19-61-21-23-63-25-24-62-22-20-60-18-16-58-14-12-56-10-7-36(49)50;1-11(2)9-13(19)15(10-17)5-8-20-7-3-12(18)14-4-6-16;1-3-2/h5-6,26,28,35,42H,3-4,7-25,27,29-30H2,1-2H3,(H,44,51)(H,49,50)(H,54,55)(H3,41,43,52);6,10-11H,3-5,7-9H2,1-2H3,(H,14,18);3H2,1-2H3/t35-;;/m0../s1. The zero-order valence-electron chi connectivity index (χ0n) is 51.9. The number of ether oxygens (including phenoxy) is 11. The van der Waals surface area contributed by atoms with Crippen LogP contribution >= 0.6 is 0 Å². The summed E-state index contributed by atoms with van der Waals surface area (Å²) < 4.78 is 60.3. The lowest BCUT2D eigenvalue weighted by Gasteiger charge is -2.20. The molecule has 1 aromatic carbocycles. The number of aromatic nitrogens is 3. The Balaban J connectivity index is 0.00000276. The molecular formula is C56H96N10O22. The van der Waals surface area contributed by atoms with Gasteiger partial charge in [-0.25, -0.2) is 19.1 Å². The molecule has 0 aliphatic heterocycles.